The first kappa shape index (κ1) is 15.9. The summed E-state index contributed by atoms with van der Waals surface area (Å²) in [4.78, 5) is 14.8. The molecule has 1 aliphatic heterocycles. The lowest BCUT2D eigenvalue weighted by atomic mass is 10.1. The second-order valence-corrected chi connectivity index (χ2v) is 6.50. The largest absolute Gasteiger partial charge is 0.367 e. The average Bonchev–Trinajstić information content (AvgIpc) is 3.19. The van der Waals surface area contributed by atoms with Crippen LogP contribution >= 0.6 is 11.6 Å². The van der Waals surface area contributed by atoms with E-state index in [1.807, 2.05) is 47.3 Å². The van der Waals surface area contributed by atoms with Gasteiger partial charge >= 0.3 is 0 Å². The number of aromatic nitrogens is 4. The van der Waals surface area contributed by atoms with E-state index in [9.17, 15) is 4.79 Å². The molecule has 25 heavy (non-hydrogen) atoms. The van der Waals surface area contributed by atoms with Gasteiger partial charge in [0.2, 0.25) is 0 Å². The Morgan fingerprint density at radius 3 is 2.72 bits per heavy atom. The minimum Gasteiger partial charge on any atom is -0.367 e. The summed E-state index contributed by atoms with van der Waals surface area (Å²) >= 11 is 6.42. The molecule has 1 atom stereocenters. The number of hydrogen-bond acceptors (Lipinski definition) is 4. The number of piperidine rings is 1. The maximum Gasteiger partial charge on any atom is 0.292 e. The molecule has 0 aliphatic carbocycles. The molecule has 1 aromatic carbocycles. The highest BCUT2D eigenvalue weighted by Gasteiger charge is 2.24. The zero-order valence-electron chi connectivity index (χ0n) is 13.6. The highest BCUT2D eigenvalue weighted by atomic mass is 35.5. The molecule has 1 saturated heterocycles. The summed E-state index contributed by atoms with van der Waals surface area (Å²) < 4.78 is 3.31. The number of hydrogen-bond donors (Lipinski definition) is 0. The molecule has 0 radical (unpaired) electrons. The van der Waals surface area contributed by atoms with Crippen molar-refractivity contribution in [3.8, 4) is 5.69 Å². The van der Waals surface area contributed by atoms with Crippen LogP contribution in [0.1, 0.15) is 18.9 Å². The van der Waals surface area contributed by atoms with E-state index < -0.39 is 0 Å². The van der Waals surface area contributed by atoms with Gasteiger partial charge < -0.3 is 4.90 Å². The molecule has 0 amide bonds. The zero-order valence-corrected chi connectivity index (χ0v) is 14.4. The van der Waals surface area contributed by atoms with E-state index in [1.54, 1.807) is 12.4 Å². The van der Waals surface area contributed by atoms with Gasteiger partial charge in [-0.1, -0.05) is 29.8 Å². The van der Waals surface area contributed by atoms with Crippen molar-refractivity contribution in [2.24, 2.45) is 0 Å². The second-order valence-electron chi connectivity index (χ2n) is 6.12. The Morgan fingerprint density at radius 2 is 1.96 bits per heavy atom. The maximum absolute atomic E-state index is 12.7. The van der Waals surface area contributed by atoms with Crippen molar-refractivity contribution in [3.63, 3.8) is 0 Å². The van der Waals surface area contributed by atoms with Gasteiger partial charge in [0.25, 0.3) is 5.56 Å². The number of nitrogens with zero attached hydrogens (tertiary/aromatic N) is 5. The lowest BCUT2D eigenvalue weighted by Crippen LogP contribution is -2.38. The minimum absolute atomic E-state index is 0.208. The fraction of sp³-hybridized carbons (Fsp3) is 0.278. The van der Waals surface area contributed by atoms with Gasteiger partial charge in [-0.25, -0.2) is 0 Å². The summed E-state index contributed by atoms with van der Waals surface area (Å²) in [5.41, 5.74) is 1.09. The van der Waals surface area contributed by atoms with Crippen LogP contribution in [0.3, 0.4) is 0 Å². The summed E-state index contributed by atoms with van der Waals surface area (Å²) in [5.74, 6) is 0. The quantitative estimate of drug-likeness (QED) is 0.725. The fourth-order valence-electron chi connectivity index (χ4n) is 3.28. The summed E-state index contributed by atoms with van der Waals surface area (Å²) in [6.45, 7) is 1.62. The van der Waals surface area contributed by atoms with Gasteiger partial charge in [-0.05, 0) is 31.0 Å². The smallest absolute Gasteiger partial charge is 0.292 e. The van der Waals surface area contributed by atoms with E-state index in [-0.39, 0.29) is 16.6 Å². The SMILES string of the molecule is O=c1c(Cl)c(N2CCCC(n3cccn3)C2)cnn1-c1ccccc1. The number of rotatable bonds is 3. The molecule has 0 bridgehead atoms. The highest BCUT2D eigenvalue weighted by Crippen LogP contribution is 2.28. The summed E-state index contributed by atoms with van der Waals surface area (Å²) in [7, 11) is 0. The van der Waals surface area contributed by atoms with E-state index in [1.165, 1.54) is 4.68 Å². The van der Waals surface area contributed by atoms with E-state index >= 15 is 0 Å². The Morgan fingerprint density at radius 1 is 1.12 bits per heavy atom. The number of benzene rings is 1. The molecule has 7 heteroatoms. The fourth-order valence-corrected chi connectivity index (χ4v) is 3.53. The van der Waals surface area contributed by atoms with Crippen molar-refractivity contribution in [2.45, 2.75) is 18.9 Å². The molecular weight excluding hydrogens is 338 g/mol. The molecule has 2 aromatic heterocycles. The predicted octanol–water partition coefficient (Wildman–Crippen LogP) is 2.92. The highest BCUT2D eigenvalue weighted by molar-refractivity contribution is 6.33. The van der Waals surface area contributed by atoms with Gasteiger partial charge in [-0.2, -0.15) is 14.9 Å². The van der Waals surface area contributed by atoms with Crippen LogP contribution in [-0.4, -0.2) is 32.7 Å². The molecule has 0 saturated carbocycles. The van der Waals surface area contributed by atoms with Crippen LogP contribution in [0.25, 0.3) is 5.69 Å². The third-order valence-corrected chi connectivity index (χ3v) is 4.89. The first-order chi connectivity index (χ1) is 12.2. The minimum atomic E-state index is -0.299. The van der Waals surface area contributed by atoms with Crippen LogP contribution in [-0.2, 0) is 0 Å². The van der Waals surface area contributed by atoms with Crippen molar-refractivity contribution in [1.29, 1.82) is 0 Å². The topological polar surface area (TPSA) is 56.0 Å². The van der Waals surface area contributed by atoms with Crippen LogP contribution in [0.4, 0.5) is 5.69 Å². The molecule has 128 valence electrons. The Kier molecular flexibility index (Phi) is 4.28. The van der Waals surface area contributed by atoms with Gasteiger partial charge in [-0.3, -0.25) is 9.48 Å². The molecule has 3 aromatic rings. The van der Waals surface area contributed by atoms with Crippen LogP contribution < -0.4 is 10.5 Å². The first-order valence-electron chi connectivity index (χ1n) is 8.31. The molecule has 1 fully saturated rings. The van der Waals surface area contributed by atoms with Crippen LogP contribution in [0.15, 0.2) is 59.8 Å². The Hall–Kier alpha value is -2.60. The molecule has 1 aliphatic rings. The molecule has 0 N–H and O–H groups in total. The van der Waals surface area contributed by atoms with Crippen LogP contribution in [0.5, 0.6) is 0 Å². The maximum atomic E-state index is 12.7. The molecule has 6 nitrogen and oxygen atoms in total. The number of anilines is 1. The monoisotopic (exact) mass is 355 g/mol. The predicted molar refractivity (Wildman–Crippen MR) is 97.6 cm³/mol. The number of halogens is 1. The summed E-state index contributed by atoms with van der Waals surface area (Å²) in [6.07, 6.45) is 7.52. The zero-order chi connectivity index (χ0) is 17.2. The van der Waals surface area contributed by atoms with E-state index in [0.29, 0.717) is 11.4 Å². The van der Waals surface area contributed by atoms with Gasteiger partial charge in [0, 0.05) is 25.5 Å². The van der Waals surface area contributed by atoms with E-state index in [4.69, 9.17) is 11.6 Å². The third kappa shape index (κ3) is 3.05. The van der Waals surface area contributed by atoms with Gasteiger partial charge in [-0.15, -0.1) is 0 Å². The Balaban J connectivity index is 1.65. The molecule has 3 heterocycles. The summed E-state index contributed by atoms with van der Waals surface area (Å²) in [5, 5.41) is 8.87. The van der Waals surface area contributed by atoms with Gasteiger partial charge in [0.15, 0.2) is 0 Å². The number of para-hydroxylation sites is 1. The Labute approximate surface area is 150 Å². The van der Waals surface area contributed by atoms with Crippen molar-refractivity contribution < 1.29 is 0 Å². The molecule has 4 rings (SSSR count). The normalized spacial score (nSPS) is 17.6. The average molecular weight is 356 g/mol. The lowest BCUT2D eigenvalue weighted by molar-refractivity contribution is 0.376. The Bertz CT molecular complexity index is 907. The van der Waals surface area contributed by atoms with Crippen molar-refractivity contribution >= 4 is 17.3 Å². The third-order valence-electron chi connectivity index (χ3n) is 4.54. The second kappa shape index (κ2) is 6.72. The van der Waals surface area contributed by atoms with E-state index in [0.717, 1.165) is 25.9 Å². The summed E-state index contributed by atoms with van der Waals surface area (Å²) in [6, 6.07) is 11.5. The van der Waals surface area contributed by atoms with Gasteiger partial charge in [0.05, 0.1) is 23.6 Å². The van der Waals surface area contributed by atoms with Crippen molar-refractivity contribution in [3.05, 3.63) is 70.4 Å². The van der Waals surface area contributed by atoms with E-state index in [2.05, 4.69) is 15.1 Å². The standard InChI is InChI=1S/C18H18ClN5O/c19-17-16(12-21-24(18(17)25)14-6-2-1-3-7-14)22-10-4-8-15(13-22)23-11-5-9-20-23/h1-3,5-7,9,11-12,15H,4,8,10,13H2. The van der Waals surface area contributed by atoms with Crippen LogP contribution in [0.2, 0.25) is 5.02 Å². The van der Waals surface area contributed by atoms with Crippen molar-refractivity contribution in [2.75, 3.05) is 18.0 Å². The molecular formula is C18H18ClN5O. The molecule has 0 spiro atoms. The molecule has 1 unspecified atom stereocenters. The first-order valence-corrected chi connectivity index (χ1v) is 8.69. The van der Waals surface area contributed by atoms with Crippen LogP contribution in [0, 0.1) is 0 Å². The van der Waals surface area contributed by atoms with Gasteiger partial charge in [0.1, 0.15) is 5.02 Å². The lowest BCUT2D eigenvalue weighted by Gasteiger charge is -2.34. The van der Waals surface area contributed by atoms with Crippen molar-refractivity contribution in [1.82, 2.24) is 19.6 Å².